The van der Waals surface area contributed by atoms with Crippen molar-refractivity contribution in [2.24, 2.45) is 5.92 Å². The average molecular weight is 324 g/mol. The van der Waals surface area contributed by atoms with Crippen LogP contribution < -0.4 is 5.32 Å². The van der Waals surface area contributed by atoms with E-state index in [0.717, 1.165) is 63.1 Å². The number of carbonyl (C=O) groups excluding carboxylic acids is 1. The van der Waals surface area contributed by atoms with Gasteiger partial charge in [0.25, 0.3) is 5.91 Å². The molecule has 5 nitrogen and oxygen atoms in total. The lowest BCUT2D eigenvalue weighted by Crippen LogP contribution is -2.39. The first kappa shape index (κ1) is 15.2. The molecule has 0 spiro atoms. The fourth-order valence-corrected chi connectivity index (χ4v) is 3.87. The van der Waals surface area contributed by atoms with Gasteiger partial charge in [-0.2, -0.15) is 0 Å². The Morgan fingerprint density at radius 1 is 1.29 bits per heavy atom. The van der Waals surface area contributed by atoms with E-state index in [1.807, 2.05) is 35.8 Å². The van der Waals surface area contributed by atoms with Gasteiger partial charge in [-0.3, -0.25) is 4.79 Å². The lowest BCUT2D eigenvalue weighted by Gasteiger charge is -2.33. The molecule has 4 rings (SSSR count). The molecule has 1 amide bonds. The van der Waals surface area contributed by atoms with E-state index in [9.17, 15) is 4.79 Å². The quantitative estimate of drug-likeness (QED) is 0.944. The second kappa shape index (κ2) is 6.67. The van der Waals surface area contributed by atoms with Crippen LogP contribution in [0.3, 0.4) is 0 Å². The SMILES string of the molecule is O=C(c1cccc2c1NCCC2)N1CCC(Cn2ccnc2)CC1. The minimum absolute atomic E-state index is 0.183. The molecule has 1 fully saturated rings. The number of rotatable bonds is 3. The number of hydrogen-bond donors (Lipinski definition) is 1. The molecule has 0 bridgehead atoms. The molecule has 2 aliphatic heterocycles. The zero-order valence-corrected chi connectivity index (χ0v) is 13.9. The monoisotopic (exact) mass is 324 g/mol. The van der Waals surface area contributed by atoms with E-state index in [2.05, 4.69) is 20.9 Å². The molecule has 0 aliphatic carbocycles. The van der Waals surface area contributed by atoms with Crippen LogP contribution in [0.15, 0.2) is 36.9 Å². The third-order valence-corrected chi connectivity index (χ3v) is 5.24. The van der Waals surface area contributed by atoms with Crippen molar-refractivity contribution in [3.05, 3.63) is 48.0 Å². The number of nitrogens with one attached hydrogen (secondary N) is 1. The van der Waals surface area contributed by atoms with E-state index >= 15 is 0 Å². The van der Waals surface area contributed by atoms with E-state index < -0.39 is 0 Å². The first-order valence-corrected chi connectivity index (χ1v) is 8.92. The predicted molar refractivity (Wildman–Crippen MR) is 94.1 cm³/mol. The molecule has 2 aliphatic rings. The summed E-state index contributed by atoms with van der Waals surface area (Å²) in [6.07, 6.45) is 10.0. The Labute approximate surface area is 142 Å². The number of hydrogen-bond acceptors (Lipinski definition) is 3. The van der Waals surface area contributed by atoms with Gasteiger partial charge >= 0.3 is 0 Å². The summed E-state index contributed by atoms with van der Waals surface area (Å²) < 4.78 is 2.14. The maximum Gasteiger partial charge on any atom is 0.255 e. The standard InChI is InChI=1S/C19H24N4O/c24-19(17-5-1-3-16-4-2-8-21-18(16)17)23-10-6-15(7-11-23)13-22-12-9-20-14-22/h1,3,5,9,12,14-15,21H,2,4,6-8,10-11,13H2. The van der Waals surface area contributed by atoms with Crippen LogP contribution in [0.25, 0.3) is 0 Å². The summed E-state index contributed by atoms with van der Waals surface area (Å²) in [5.41, 5.74) is 3.19. The fraction of sp³-hybridized carbons (Fsp3) is 0.474. The summed E-state index contributed by atoms with van der Waals surface area (Å²) in [5.74, 6) is 0.813. The maximum absolute atomic E-state index is 13.0. The summed E-state index contributed by atoms with van der Waals surface area (Å²) in [4.78, 5) is 19.1. The van der Waals surface area contributed by atoms with E-state index in [1.54, 1.807) is 0 Å². The number of aryl methyl sites for hydroxylation is 1. The average Bonchev–Trinajstić information content (AvgIpc) is 3.14. The molecule has 2 aromatic rings. The number of imidazole rings is 1. The molecule has 1 saturated heterocycles. The Hall–Kier alpha value is -2.30. The first-order valence-electron chi connectivity index (χ1n) is 8.92. The van der Waals surface area contributed by atoms with Crippen LogP contribution >= 0.6 is 0 Å². The molecular weight excluding hydrogens is 300 g/mol. The molecule has 0 radical (unpaired) electrons. The van der Waals surface area contributed by atoms with Crippen LogP contribution in [0.5, 0.6) is 0 Å². The molecule has 3 heterocycles. The van der Waals surface area contributed by atoms with Crippen molar-refractivity contribution in [1.82, 2.24) is 14.5 Å². The first-order chi connectivity index (χ1) is 11.8. The molecule has 126 valence electrons. The highest BCUT2D eigenvalue weighted by Crippen LogP contribution is 2.28. The molecule has 0 saturated carbocycles. The van der Waals surface area contributed by atoms with Gasteiger partial charge in [-0.1, -0.05) is 12.1 Å². The molecule has 0 unspecified atom stereocenters. The van der Waals surface area contributed by atoms with Crippen molar-refractivity contribution < 1.29 is 4.79 Å². The van der Waals surface area contributed by atoms with Gasteiger partial charge in [0.05, 0.1) is 17.6 Å². The fourth-order valence-electron chi connectivity index (χ4n) is 3.87. The largest absolute Gasteiger partial charge is 0.384 e. The van der Waals surface area contributed by atoms with Crippen molar-refractivity contribution in [2.45, 2.75) is 32.2 Å². The second-order valence-corrected chi connectivity index (χ2v) is 6.87. The highest BCUT2D eigenvalue weighted by molar-refractivity contribution is 6.00. The molecular formula is C19H24N4O. The number of benzene rings is 1. The second-order valence-electron chi connectivity index (χ2n) is 6.87. The van der Waals surface area contributed by atoms with Crippen LogP contribution in [0.4, 0.5) is 5.69 Å². The van der Waals surface area contributed by atoms with Crippen LogP contribution in [0.1, 0.15) is 35.2 Å². The third kappa shape index (κ3) is 3.03. The smallest absolute Gasteiger partial charge is 0.255 e. The van der Waals surface area contributed by atoms with E-state index in [-0.39, 0.29) is 5.91 Å². The number of likely N-dealkylation sites (tertiary alicyclic amines) is 1. The van der Waals surface area contributed by atoms with Crippen LogP contribution in [0, 0.1) is 5.92 Å². The van der Waals surface area contributed by atoms with Crippen molar-refractivity contribution in [1.29, 1.82) is 0 Å². The lowest BCUT2D eigenvalue weighted by molar-refractivity contribution is 0.0683. The van der Waals surface area contributed by atoms with E-state index in [4.69, 9.17) is 0 Å². The normalized spacial score (nSPS) is 18.1. The molecule has 24 heavy (non-hydrogen) atoms. The number of para-hydroxylation sites is 1. The summed E-state index contributed by atoms with van der Waals surface area (Å²) >= 11 is 0. The zero-order chi connectivity index (χ0) is 16.4. The molecule has 0 atom stereocenters. The van der Waals surface area contributed by atoms with Crippen molar-refractivity contribution >= 4 is 11.6 Å². The highest BCUT2D eigenvalue weighted by atomic mass is 16.2. The number of amides is 1. The minimum atomic E-state index is 0.183. The third-order valence-electron chi connectivity index (χ3n) is 5.24. The maximum atomic E-state index is 13.0. The number of aromatic nitrogens is 2. The van der Waals surface area contributed by atoms with Gasteiger partial charge in [-0.05, 0) is 43.2 Å². The molecule has 1 aromatic heterocycles. The van der Waals surface area contributed by atoms with Crippen LogP contribution in [-0.4, -0.2) is 40.0 Å². The Balaban J connectivity index is 1.41. The van der Waals surface area contributed by atoms with E-state index in [0.29, 0.717) is 5.92 Å². The number of anilines is 1. The minimum Gasteiger partial charge on any atom is -0.384 e. The Morgan fingerprint density at radius 2 is 2.17 bits per heavy atom. The topological polar surface area (TPSA) is 50.2 Å². The van der Waals surface area contributed by atoms with Gasteiger partial charge in [0.15, 0.2) is 0 Å². The van der Waals surface area contributed by atoms with Gasteiger partial charge in [0.2, 0.25) is 0 Å². The van der Waals surface area contributed by atoms with Gasteiger partial charge in [-0.25, -0.2) is 4.98 Å². The Morgan fingerprint density at radius 3 is 2.96 bits per heavy atom. The predicted octanol–water partition coefficient (Wildman–Crippen LogP) is 2.79. The van der Waals surface area contributed by atoms with Crippen molar-refractivity contribution in [2.75, 3.05) is 25.0 Å². The van der Waals surface area contributed by atoms with Crippen LogP contribution in [-0.2, 0) is 13.0 Å². The zero-order valence-electron chi connectivity index (χ0n) is 13.9. The molecule has 1 aromatic carbocycles. The number of carbonyl (C=O) groups is 1. The molecule has 5 heteroatoms. The van der Waals surface area contributed by atoms with Crippen molar-refractivity contribution in [3.63, 3.8) is 0 Å². The van der Waals surface area contributed by atoms with Crippen molar-refractivity contribution in [3.8, 4) is 0 Å². The van der Waals surface area contributed by atoms with Gasteiger partial charge in [0, 0.05) is 38.6 Å². The number of piperidine rings is 1. The van der Waals surface area contributed by atoms with Gasteiger partial charge in [0.1, 0.15) is 0 Å². The highest BCUT2D eigenvalue weighted by Gasteiger charge is 2.26. The van der Waals surface area contributed by atoms with Crippen LogP contribution in [0.2, 0.25) is 0 Å². The Kier molecular flexibility index (Phi) is 4.24. The van der Waals surface area contributed by atoms with Gasteiger partial charge in [-0.15, -0.1) is 0 Å². The van der Waals surface area contributed by atoms with Gasteiger partial charge < -0.3 is 14.8 Å². The lowest BCUT2D eigenvalue weighted by atomic mass is 9.95. The number of fused-ring (bicyclic) bond motifs is 1. The summed E-state index contributed by atoms with van der Waals surface area (Å²) in [6.45, 7) is 3.67. The summed E-state index contributed by atoms with van der Waals surface area (Å²) in [7, 11) is 0. The van der Waals surface area contributed by atoms with E-state index in [1.165, 1.54) is 5.56 Å². The Bertz CT molecular complexity index is 702. The summed E-state index contributed by atoms with van der Waals surface area (Å²) in [5, 5.41) is 3.43. The number of nitrogens with zero attached hydrogens (tertiary/aromatic N) is 3. The molecule has 1 N–H and O–H groups in total. The summed E-state index contributed by atoms with van der Waals surface area (Å²) in [6, 6.07) is 6.12.